The molecule has 10 heteroatoms. The van der Waals surface area contributed by atoms with Gasteiger partial charge in [-0.05, 0) is 42.0 Å². The molecule has 38 heavy (non-hydrogen) atoms. The predicted octanol–water partition coefficient (Wildman–Crippen LogP) is 4.88. The van der Waals surface area contributed by atoms with Crippen molar-refractivity contribution in [2.45, 2.75) is 63.3 Å². The number of ether oxygens (including phenoxy) is 1. The van der Waals surface area contributed by atoms with Crippen LogP contribution in [-0.2, 0) is 22.0 Å². The first kappa shape index (κ1) is 27.8. The van der Waals surface area contributed by atoms with E-state index in [-0.39, 0.29) is 34.2 Å². The van der Waals surface area contributed by atoms with Crippen molar-refractivity contribution in [3.63, 3.8) is 0 Å². The zero-order valence-corrected chi connectivity index (χ0v) is 23.5. The summed E-state index contributed by atoms with van der Waals surface area (Å²) in [7, 11) is -1.04. The van der Waals surface area contributed by atoms with E-state index in [4.69, 9.17) is 9.26 Å². The van der Waals surface area contributed by atoms with E-state index >= 15 is 0 Å². The maximum absolute atomic E-state index is 13.4. The Bertz CT molecular complexity index is 1370. The summed E-state index contributed by atoms with van der Waals surface area (Å²) in [5, 5.41) is 4.03. The molecule has 0 unspecified atom stereocenters. The van der Waals surface area contributed by atoms with Crippen LogP contribution in [0.4, 0.5) is 0 Å². The largest absolute Gasteiger partial charge is 0.496 e. The number of benzene rings is 2. The van der Waals surface area contributed by atoms with Crippen molar-refractivity contribution < 1.29 is 22.5 Å². The Morgan fingerprint density at radius 3 is 2.32 bits per heavy atom. The lowest BCUT2D eigenvalue weighted by atomic mass is 9.87. The van der Waals surface area contributed by atoms with Gasteiger partial charge in [-0.2, -0.15) is 9.29 Å². The van der Waals surface area contributed by atoms with Crippen LogP contribution in [0.15, 0.2) is 51.9 Å². The SMILES string of the molecule is COc1ccc(S(=O)(=O)N(C)Cc2nc(-c3ccc(C(C)(C)C)cc3)no2)cc1C(=O)N1CCCCCC1. The van der Waals surface area contributed by atoms with Crippen molar-refractivity contribution >= 4 is 15.9 Å². The number of carbonyl (C=O) groups is 1. The van der Waals surface area contributed by atoms with E-state index in [0.29, 0.717) is 24.7 Å². The van der Waals surface area contributed by atoms with Crippen LogP contribution in [0.1, 0.15) is 68.3 Å². The Morgan fingerprint density at radius 1 is 1.05 bits per heavy atom. The lowest BCUT2D eigenvalue weighted by molar-refractivity contribution is 0.0758. The lowest BCUT2D eigenvalue weighted by Gasteiger charge is -2.22. The Kier molecular flexibility index (Phi) is 8.22. The van der Waals surface area contributed by atoms with Gasteiger partial charge in [0.05, 0.1) is 24.1 Å². The number of sulfonamides is 1. The molecule has 0 aliphatic carbocycles. The highest BCUT2D eigenvalue weighted by atomic mass is 32.2. The summed E-state index contributed by atoms with van der Waals surface area (Å²) in [6, 6.07) is 12.3. The molecule has 0 bridgehead atoms. The summed E-state index contributed by atoms with van der Waals surface area (Å²) in [6.45, 7) is 7.61. The standard InChI is InChI=1S/C28H36N4O5S/c1-28(2,3)21-12-10-20(11-13-21)26-29-25(37-30-26)19-31(4)38(34,35)22-14-15-24(36-5)23(18-22)27(33)32-16-8-6-7-9-17-32/h10-15,18H,6-9,16-17,19H2,1-5H3. The average Bonchev–Trinajstić information content (AvgIpc) is 3.19. The van der Waals surface area contributed by atoms with Gasteiger partial charge < -0.3 is 14.2 Å². The molecule has 9 nitrogen and oxygen atoms in total. The third kappa shape index (κ3) is 6.07. The van der Waals surface area contributed by atoms with Gasteiger partial charge in [-0.15, -0.1) is 0 Å². The minimum Gasteiger partial charge on any atom is -0.496 e. The summed E-state index contributed by atoms with van der Waals surface area (Å²) in [5.74, 6) is 0.684. The molecule has 1 amide bonds. The molecule has 204 valence electrons. The molecule has 0 spiro atoms. The number of amides is 1. The van der Waals surface area contributed by atoms with Crippen molar-refractivity contribution in [2.75, 3.05) is 27.2 Å². The van der Waals surface area contributed by atoms with Crippen LogP contribution in [-0.4, -0.2) is 60.9 Å². The molecule has 0 saturated carbocycles. The van der Waals surface area contributed by atoms with Gasteiger partial charge in [0.15, 0.2) is 0 Å². The Hall–Kier alpha value is -3.24. The normalized spacial score (nSPS) is 14.9. The highest BCUT2D eigenvalue weighted by molar-refractivity contribution is 7.89. The minimum absolute atomic E-state index is 0.00326. The smallest absolute Gasteiger partial charge is 0.257 e. The van der Waals surface area contributed by atoms with Gasteiger partial charge in [-0.25, -0.2) is 8.42 Å². The summed E-state index contributed by atoms with van der Waals surface area (Å²) >= 11 is 0. The number of nitrogens with zero attached hydrogens (tertiary/aromatic N) is 4. The van der Waals surface area contributed by atoms with E-state index < -0.39 is 10.0 Å². The topological polar surface area (TPSA) is 106 Å². The maximum Gasteiger partial charge on any atom is 0.257 e. The maximum atomic E-state index is 13.4. The Balaban J connectivity index is 1.53. The monoisotopic (exact) mass is 540 g/mol. The third-order valence-corrected chi connectivity index (χ3v) is 8.64. The van der Waals surface area contributed by atoms with Gasteiger partial charge in [0.25, 0.3) is 5.91 Å². The molecule has 3 aromatic rings. The predicted molar refractivity (Wildman–Crippen MR) is 144 cm³/mol. The van der Waals surface area contributed by atoms with Gasteiger partial charge in [0.1, 0.15) is 5.75 Å². The molecule has 1 saturated heterocycles. The number of carbonyl (C=O) groups excluding carboxylic acids is 1. The van der Waals surface area contributed by atoms with Crippen molar-refractivity contribution in [1.82, 2.24) is 19.3 Å². The molecular weight excluding hydrogens is 504 g/mol. The van der Waals surface area contributed by atoms with Gasteiger partial charge in [-0.1, -0.05) is 63.0 Å². The van der Waals surface area contributed by atoms with E-state index in [9.17, 15) is 13.2 Å². The van der Waals surface area contributed by atoms with E-state index in [1.54, 1.807) is 4.90 Å². The fourth-order valence-corrected chi connectivity index (χ4v) is 5.62. The van der Waals surface area contributed by atoms with E-state index in [0.717, 1.165) is 35.6 Å². The molecule has 2 aromatic carbocycles. The van der Waals surface area contributed by atoms with Crippen LogP contribution in [0.5, 0.6) is 5.75 Å². The van der Waals surface area contributed by atoms with Gasteiger partial charge in [-0.3, -0.25) is 4.79 Å². The third-order valence-electron chi connectivity index (χ3n) is 6.84. The van der Waals surface area contributed by atoms with Crippen molar-refractivity contribution in [3.8, 4) is 17.1 Å². The summed E-state index contributed by atoms with van der Waals surface area (Å²) in [6.07, 6.45) is 4.03. The number of hydrogen-bond donors (Lipinski definition) is 0. The fourth-order valence-electron chi connectivity index (χ4n) is 4.47. The second kappa shape index (κ2) is 11.2. The minimum atomic E-state index is -3.95. The first-order chi connectivity index (χ1) is 18.0. The number of rotatable bonds is 7. The number of aromatic nitrogens is 2. The Labute approximate surface area is 224 Å². The molecule has 0 radical (unpaired) electrons. The lowest BCUT2D eigenvalue weighted by Crippen LogP contribution is -2.32. The molecule has 1 aliphatic heterocycles. The molecule has 0 N–H and O–H groups in total. The molecule has 1 aliphatic rings. The van der Waals surface area contributed by atoms with Crippen LogP contribution >= 0.6 is 0 Å². The van der Waals surface area contributed by atoms with Crippen molar-refractivity contribution in [3.05, 3.63) is 59.5 Å². The van der Waals surface area contributed by atoms with Crippen LogP contribution in [0, 0.1) is 0 Å². The summed E-state index contributed by atoms with van der Waals surface area (Å²) in [4.78, 5) is 19.5. The van der Waals surface area contributed by atoms with Crippen LogP contribution < -0.4 is 4.74 Å². The van der Waals surface area contributed by atoms with Crippen LogP contribution in [0.3, 0.4) is 0 Å². The Morgan fingerprint density at radius 2 is 1.71 bits per heavy atom. The zero-order valence-electron chi connectivity index (χ0n) is 22.7. The molecular formula is C28H36N4O5S. The molecule has 4 rings (SSSR count). The molecule has 0 atom stereocenters. The number of likely N-dealkylation sites (tertiary alicyclic amines) is 1. The van der Waals surface area contributed by atoms with Crippen molar-refractivity contribution in [1.29, 1.82) is 0 Å². The average molecular weight is 541 g/mol. The summed E-state index contributed by atoms with van der Waals surface area (Å²) < 4.78 is 38.7. The quantitative estimate of drug-likeness (QED) is 0.420. The fraction of sp³-hybridized carbons (Fsp3) is 0.464. The van der Waals surface area contributed by atoms with E-state index in [1.165, 1.54) is 37.9 Å². The van der Waals surface area contributed by atoms with Gasteiger partial charge in [0, 0.05) is 25.7 Å². The van der Waals surface area contributed by atoms with Crippen LogP contribution in [0.2, 0.25) is 0 Å². The first-order valence-electron chi connectivity index (χ1n) is 12.9. The number of hydrogen-bond acceptors (Lipinski definition) is 7. The van der Waals surface area contributed by atoms with Crippen LogP contribution in [0.25, 0.3) is 11.4 Å². The van der Waals surface area contributed by atoms with Gasteiger partial charge >= 0.3 is 0 Å². The highest BCUT2D eigenvalue weighted by Crippen LogP contribution is 2.28. The molecule has 1 aromatic heterocycles. The summed E-state index contributed by atoms with van der Waals surface area (Å²) in [5.41, 5.74) is 2.23. The van der Waals surface area contributed by atoms with E-state index in [1.807, 2.05) is 24.3 Å². The second-order valence-corrected chi connectivity index (χ2v) is 12.7. The van der Waals surface area contributed by atoms with E-state index in [2.05, 4.69) is 30.9 Å². The second-order valence-electron chi connectivity index (χ2n) is 10.7. The van der Waals surface area contributed by atoms with Gasteiger partial charge in [0.2, 0.25) is 21.7 Å². The zero-order chi connectivity index (χ0) is 27.5. The first-order valence-corrected chi connectivity index (χ1v) is 14.3. The highest BCUT2D eigenvalue weighted by Gasteiger charge is 2.27. The number of methoxy groups -OCH3 is 1. The molecule has 1 fully saturated rings. The van der Waals surface area contributed by atoms with Crippen molar-refractivity contribution in [2.24, 2.45) is 0 Å². The molecule has 2 heterocycles.